The predicted molar refractivity (Wildman–Crippen MR) is 67.7 cm³/mol. The minimum Gasteiger partial charge on any atom is -0.335 e. The molecule has 17 heavy (non-hydrogen) atoms. The minimum atomic E-state index is -0.647. The van der Waals surface area contributed by atoms with Crippen LogP contribution >= 0.6 is 0 Å². The number of hydrogen-bond acceptors (Lipinski definition) is 2. The molecule has 1 aromatic rings. The van der Waals surface area contributed by atoms with Crippen LogP contribution in [0, 0.1) is 12.3 Å². The molecule has 0 bridgehead atoms. The zero-order valence-electron chi connectivity index (χ0n) is 10.9. The van der Waals surface area contributed by atoms with Gasteiger partial charge in [0.1, 0.15) is 5.69 Å². The summed E-state index contributed by atoms with van der Waals surface area (Å²) in [6, 6.07) is 1.81. The zero-order chi connectivity index (χ0) is 13.1. The highest BCUT2D eigenvalue weighted by atomic mass is 16.2. The molecule has 1 rings (SSSR count). The molecule has 0 aliphatic heterocycles. The lowest BCUT2D eigenvalue weighted by Crippen LogP contribution is -2.42. The van der Waals surface area contributed by atoms with E-state index in [1.54, 1.807) is 18.5 Å². The van der Waals surface area contributed by atoms with Gasteiger partial charge in [-0.25, -0.2) is 0 Å². The number of nitrogens with zero attached hydrogens (tertiary/aromatic N) is 2. The van der Waals surface area contributed by atoms with Crippen LogP contribution in [0.5, 0.6) is 0 Å². The van der Waals surface area contributed by atoms with Crippen molar-refractivity contribution in [1.29, 1.82) is 0 Å². The Hall–Kier alpha value is -1.76. The van der Waals surface area contributed by atoms with Crippen LogP contribution in [-0.4, -0.2) is 21.2 Å². The van der Waals surface area contributed by atoms with Crippen molar-refractivity contribution in [2.75, 3.05) is 0 Å². The van der Waals surface area contributed by atoms with Crippen molar-refractivity contribution in [3.05, 3.63) is 17.5 Å². The van der Waals surface area contributed by atoms with Gasteiger partial charge in [0.05, 0.1) is 11.2 Å². The van der Waals surface area contributed by atoms with Gasteiger partial charge in [0.2, 0.25) is 0 Å². The number of rotatable bonds is 4. The van der Waals surface area contributed by atoms with Crippen LogP contribution in [0.2, 0.25) is 0 Å². The van der Waals surface area contributed by atoms with Crippen LogP contribution in [0.4, 0.5) is 0 Å². The van der Waals surface area contributed by atoms with Crippen molar-refractivity contribution in [3.8, 4) is 12.3 Å². The number of aryl methyl sites for hydroxylation is 2. The third kappa shape index (κ3) is 3.10. The van der Waals surface area contributed by atoms with Crippen LogP contribution in [0.15, 0.2) is 6.07 Å². The van der Waals surface area contributed by atoms with Crippen LogP contribution in [0.1, 0.15) is 43.9 Å². The molecule has 0 spiro atoms. The molecule has 4 nitrogen and oxygen atoms in total. The molecule has 1 N–H and O–H groups in total. The molecule has 0 aliphatic carbocycles. The van der Waals surface area contributed by atoms with Gasteiger partial charge in [-0.15, -0.1) is 6.42 Å². The molecule has 0 fully saturated rings. The van der Waals surface area contributed by atoms with Gasteiger partial charge in [0.25, 0.3) is 5.91 Å². The average Bonchev–Trinajstić information content (AvgIpc) is 2.71. The zero-order valence-corrected chi connectivity index (χ0v) is 10.9. The molecule has 1 aromatic heterocycles. The standard InChI is InChI=1S/C13H19N3O/c1-6-10-9-11(16(8-3)15-10)12(17)14-13(4,5)7-2/h2,9H,6,8H2,1,3-5H3,(H,14,17). The predicted octanol–water partition coefficient (Wildman–Crippen LogP) is 1.61. The van der Waals surface area contributed by atoms with Crippen LogP contribution in [0.25, 0.3) is 0 Å². The van der Waals surface area contributed by atoms with Crippen molar-refractivity contribution >= 4 is 5.91 Å². The number of carbonyl (C=O) groups excluding carboxylic acids is 1. The Bertz CT molecular complexity index is 452. The molecule has 0 unspecified atom stereocenters. The van der Waals surface area contributed by atoms with E-state index >= 15 is 0 Å². The molecule has 1 heterocycles. The second-order valence-corrected chi connectivity index (χ2v) is 4.41. The first-order chi connectivity index (χ1) is 7.93. The normalized spacial score (nSPS) is 11.0. The Morgan fingerprint density at radius 1 is 1.59 bits per heavy atom. The van der Waals surface area contributed by atoms with Crippen LogP contribution in [-0.2, 0) is 13.0 Å². The highest BCUT2D eigenvalue weighted by Gasteiger charge is 2.21. The molecular formula is C13H19N3O. The molecule has 0 saturated heterocycles. The van der Waals surface area contributed by atoms with Crippen molar-refractivity contribution in [3.63, 3.8) is 0 Å². The summed E-state index contributed by atoms with van der Waals surface area (Å²) in [5.74, 6) is 2.36. The maximum Gasteiger partial charge on any atom is 0.270 e. The molecule has 92 valence electrons. The number of terminal acetylenes is 1. The van der Waals surface area contributed by atoms with E-state index in [0.29, 0.717) is 12.2 Å². The van der Waals surface area contributed by atoms with Crippen molar-refractivity contribution in [1.82, 2.24) is 15.1 Å². The molecule has 0 atom stereocenters. The highest BCUT2D eigenvalue weighted by Crippen LogP contribution is 2.08. The molecular weight excluding hydrogens is 214 g/mol. The van der Waals surface area contributed by atoms with E-state index in [4.69, 9.17) is 6.42 Å². The van der Waals surface area contributed by atoms with E-state index in [1.165, 1.54) is 0 Å². The maximum atomic E-state index is 12.1. The van der Waals surface area contributed by atoms with Gasteiger partial charge < -0.3 is 5.32 Å². The first kappa shape index (κ1) is 13.3. The second-order valence-electron chi connectivity index (χ2n) is 4.41. The molecule has 0 saturated carbocycles. The molecule has 0 radical (unpaired) electrons. The third-order valence-corrected chi connectivity index (χ3v) is 2.51. The van der Waals surface area contributed by atoms with Gasteiger partial charge in [-0.2, -0.15) is 5.10 Å². The highest BCUT2D eigenvalue weighted by molar-refractivity contribution is 5.93. The van der Waals surface area contributed by atoms with Gasteiger partial charge in [-0.3, -0.25) is 9.48 Å². The third-order valence-electron chi connectivity index (χ3n) is 2.51. The van der Waals surface area contributed by atoms with E-state index in [-0.39, 0.29) is 5.91 Å². The molecule has 4 heteroatoms. The monoisotopic (exact) mass is 233 g/mol. The number of hydrogen-bond donors (Lipinski definition) is 1. The Kier molecular flexibility index (Phi) is 3.95. The van der Waals surface area contributed by atoms with Crippen molar-refractivity contribution in [2.45, 2.75) is 46.2 Å². The van der Waals surface area contributed by atoms with E-state index in [9.17, 15) is 4.79 Å². The Labute approximate surface area is 102 Å². The number of carbonyl (C=O) groups is 1. The molecule has 0 aliphatic rings. The summed E-state index contributed by atoms with van der Waals surface area (Å²) in [5, 5.41) is 7.13. The second kappa shape index (κ2) is 5.05. The smallest absolute Gasteiger partial charge is 0.270 e. The summed E-state index contributed by atoms with van der Waals surface area (Å²) in [5.41, 5.74) is 0.829. The van der Waals surface area contributed by atoms with Crippen LogP contribution in [0.3, 0.4) is 0 Å². The average molecular weight is 233 g/mol. The van der Waals surface area contributed by atoms with E-state index in [2.05, 4.69) is 16.3 Å². The lowest BCUT2D eigenvalue weighted by Gasteiger charge is -2.19. The lowest BCUT2D eigenvalue weighted by atomic mass is 10.1. The first-order valence-corrected chi connectivity index (χ1v) is 5.80. The SMILES string of the molecule is C#CC(C)(C)NC(=O)c1cc(CC)nn1CC. The summed E-state index contributed by atoms with van der Waals surface area (Å²) in [4.78, 5) is 12.1. The quantitative estimate of drug-likeness (QED) is 0.803. The van der Waals surface area contributed by atoms with Crippen LogP contribution < -0.4 is 5.32 Å². The summed E-state index contributed by atoms with van der Waals surface area (Å²) >= 11 is 0. The first-order valence-electron chi connectivity index (χ1n) is 5.80. The summed E-state index contributed by atoms with van der Waals surface area (Å²) < 4.78 is 1.70. The molecule has 0 aromatic carbocycles. The fraction of sp³-hybridized carbons (Fsp3) is 0.538. The Morgan fingerprint density at radius 3 is 2.71 bits per heavy atom. The Morgan fingerprint density at radius 2 is 2.24 bits per heavy atom. The van der Waals surface area contributed by atoms with E-state index in [0.717, 1.165) is 12.1 Å². The fourth-order valence-electron chi connectivity index (χ4n) is 1.45. The van der Waals surface area contributed by atoms with Crippen molar-refractivity contribution in [2.24, 2.45) is 0 Å². The lowest BCUT2D eigenvalue weighted by molar-refractivity contribution is 0.0919. The van der Waals surface area contributed by atoms with Gasteiger partial charge in [0, 0.05) is 6.54 Å². The van der Waals surface area contributed by atoms with E-state index < -0.39 is 5.54 Å². The minimum absolute atomic E-state index is 0.179. The van der Waals surface area contributed by atoms with Crippen molar-refractivity contribution < 1.29 is 4.79 Å². The fourth-order valence-corrected chi connectivity index (χ4v) is 1.45. The largest absolute Gasteiger partial charge is 0.335 e. The summed E-state index contributed by atoms with van der Waals surface area (Å²) in [6.45, 7) is 8.21. The summed E-state index contributed by atoms with van der Waals surface area (Å²) in [6.07, 6.45) is 6.16. The summed E-state index contributed by atoms with van der Waals surface area (Å²) in [7, 11) is 0. The number of amides is 1. The topological polar surface area (TPSA) is 46.9 Å². The van der Waals surface area contributed by atoms with Gasteiger partial charge >= 0.3 is 0 Å². The van der Waals surface area contributed by atoms with Gasteiger partial charge in [-0.1, -0.05) is 12.8 Å². The number of aromatic nitrogens is 2. The Balaban J connectivity index is 2.96. The van der Waals surface area contributed by atoms with E-state index in [1.807, 2.05) is 19.9 Å². The van der Waals surface area contributed by atoms with Gasteiger partial charge in [-0.05, 0) is 33.3 Å². The number of nitrogens with one attached hydrogen (secondary N) is 1. The maximum absolute atomic E-state index is 12.1. The molecule has 1 amide bonds. The van der Waals surface area contributed by atoms with Gasteiger partial charge in [0.15, 0.2) is 0 Å².